The number of carbonyl (C=O) groups excluding carboxylic acids is 1. The molecule has 9 heteroatoms. The van der Waals surface area contributed by atoms with Gasteiger partial charge in [0.05, 0.1) is 5.69 Å². The van der Waals surface area contributed by atoms with Crippen molar-refractivity contribution in [3.8, 4) is 0 Å². The Hall–Kier alpha value is -0.980. The maximum absolute atomic E-state index is 12.0. The van der Waals surface area contributed by atoms with Crippen molar-refractivity contribution in [2.75, 3.05) is 5.43 Å². The third-order valence-electron chi connectivity index (χ3n) is 2.17. The fourth-order valence-corrected chi connectivity index (χ4v) is 1.79. The fraction of sp³-hybridized carbons (Fsp3) is 0.273. The van der Waals surface area contributed by atoms with Crippen LogP contribution in [0.25, 0.3) is 0 Å². The van der Waals surface area contributed by atoms with E-state index in [0.29, 0.717) is 21.3 Å². The standard InChI is InChI=1S/C11H8Cl3F3N2O/c1-5-7(13)2-6(12)3-8(5)18-19-10(14)9(20)4-11(15,16)17/h2-3,18H,4H2,1H3. The number of hydrazone groups is 1. The summed E-state index contributed by atoms with van der Waals surface area (Å²) in [5, 5.41) is 3.22. The Kier molecular flexibility index (Phi) is 5.68. The van der Waals surface area contributed by atoms with E-state index in [2.05, 4.69) is 10.5 Å². The number of hydrogen-bond acceptors (Lipinski definition) is 3. The molecule has 0 aliphatic carbocycles. The zero-order valence-electron chi connectivity index (χ0n) is 9.99. The SMILES string of the molecule is Cc1c(Cl)cc(Cl)cc1NN=C(Cl)C(=O)CC(F)(F)F. The third kappa shape index (κ3) is 5.19. The monoisotopic (exact) mass is 346 g/mol. The minimum Gasteiger partial charge on any atom is -0.291 e. The quantitative estimate of drug-likeness (QED) is 0.628. The largest absolute Gasteiger partial charge is 0.396 e. The number of ketones is 1. The van der Waals surface area contributed by atoms with Crippen molar-refractivity contribution < 1.29 is 18.0 Å². The molecule has 0 aliphatic rings. The number of carbonyl (C=O) groups is 1. The average Bonchev–Trinajstić information content (AvgIpc) is 2.29. The van der Waals surface area contributed by atoms with Gasteiger partial charge in [-0.1, -0.05) is 34.8 Å². The Balaban J connectivity index is 2.85. The summed E-state index contributed by atoms with van der Waals surface area (Å²) >= 11 is 17.0. The van der Waals surface area contributed by atoms with E-state index < -0.39 is 23.6 Å². The molecule has 110 valence electrons. The lowest BCUT2D eigenvalue weighted by Gasteiger charge is -2.08. The molecule has 0 aromatic heterocycles. The van der Waals surface area contributed by atoms with Crippen LogP contribution in [0.4, 0.5) is 18.9 Å². The van der Waals surface area contributed by atoms with E-state index in [1.165, 1.54) is 12.1 Å². The number of nitrogens with zero attached hydrogens (tertiary/aromatic N) is 1. The van der Waals surface area contributed by atoms with Crippen molar-refractivity contribution in [2.24, 2.45) is 5.10 Å². The molecule has 0 fully saturated rings. The molecule has 0 radical (unpaired) electrons. The van der Waals surface area contributed by atoms with Crippen LogP contribution in [0.3, 0.4) is 0 Å². The van der Waals surface area contributed by atoms with Crippen LogP contribution in [0.2, 0.25) is 10.0 Å². The van der Waals surface area contributed by atoms with E-state index in [0.717, 1.165) is 0 Å². The van der Waals surface area contributed by atoms with Gasteiger partial charge < -0.3 is 0 Å². The van der Waals surface area contributed by atoms with Crippen LogP contribution in [0.1, 0.15) is 12.0 Å². The highest BCUT2D eigenvalue weighted by Crippen LogP contribution is 2.28. The number of nitrogens with one attached hydrogen (secondary N) is 1. The molecule has 3 nitrogen and oxygen atoms in total. The topological polar surface area (TPSA) is 41.5 Å². The first kappa shape index (κ1) is 17.1. The summed E-state index contributed by atoms with van der Waals surface area (Å²) in [5.74, 6) is -1.34. The molecule has 1 rings (SSSR count). The summed E-state index contributed by atoms with van der Waals surface area (Å²) in [6.45, 7) is 1.64. The Labute approximate surface area is 127 Å². The predicted molar refractivity (Wildman–Crippen MR) is 73.8 cm³/mol. The number of Topliss-reactive ketones (excluding diaryl/α,β-unsaturated/α-hetero) is 1. The van der Waals surface area contributed by atoms with Gasteiger partial charge in [0.15, 0.2) is 5.17 Å². The molecular weight excluding hydrogens is 339 g/mol. The summed E-state index contributed by atoms with van der Waals surface area (Å²) < 4.78 is 36.0. The number of benzene rings is 1. The van der Waals surface area contributed by atoms with Crippen LogP contribution in [-0.2, 0) is 4.79 Å². The normalized spacial score (nSPS) is 12.4. The maximum atomic E-state index is 12.0. The van der Waals surface area contributed by atoms with E-state index in [9.17, 15) is 18.0 Å². The summed E-state index contributed by atoms with van der Waals surface area (Å²) in [4.78, 5) is 11.1. The molecule has 0 atom stereocenters. The summed E-state index contributed by atoms with van der Waals surface area (Å²) in [5.41, 5.74) is 3.26. The zero-order chi connectivity index (χ0) is 15.5. The van der Waals surface area contributed by atoms with Crippen LogP contribution < -0.4 is 5.43 Å². The Morgan fingerprint density at radius 2 is 1.95 bits per heavy atom. The molecule has 20 heavy (non-hydrogen) atoms. The highest BCUT2D eigenvalue weighted by atomic mass is 35.5. The number of hydrogen-bond donors (Lipinski definition) is 1. The van der Waals surface area contributed by atoms with Crippen molar-refractivity contribution in [1.29, 1.82) is 0 Å². The van der Waals surface area contributed by atoms with Crippen LogP contribution in [-0.4, -0.2) is 17.1 Å². The van der Waals surface area contributed by atoms with Gasteiger partial charge in [-0.25, -0.2) is 0 Å². The lowest BCUT2D eigenvalue weighted by Crippen LogP contribution is -2.19. The first-order valence-corrected chi connectivity index (χ1v) is 6.28. The van der Waals surface area contributed by atoms with Crippen molar-refractivity contribution in [3.05, 3.63) is 27.7 Å². The van der Waals surface area contributed by atoms with Crippen LogP contribution in [0.15, 0.2) is 17.2 Å². The molecule has 0 bridgehead atoms. The van der Waals surface area contributed by atoms with Crippen LogP contribution >= 0.6 is 34.8 Å². The maximum Gasteiger partial charge on any atom is 0.396 e. The number of rotatable bonds is 4. The highest BCUT2D eigenvalue weighted by molar-refractivity contribution is 6.83. The molecule has 0 heterocycles. The summed E-state index contributed by atoms with van der Waals surface area (Å²) in [6, 6.07) is 2.94. The van der Waals surface area contributed by atoms with Gasteiger partial charge in [-0.3, -0.25) is 10.2 Å². The van der Waals surface area contributed by atoms with E-state index in [1.807, 2.05) is 0 Å². The van der Waals surface area contributed by atoms with Gasteiger partial charge in [0.1, 0.15) is 6.42 Å². The molecule has 0 unspecified atom stereocenters. The Bertz CT molecular complexity index is 559. The average molecular weight is 348 g/mol. The third-order valence-corrected chi connectivity index (χ3v) is 3.08. The minimum atomic E-state index is -4.64. The van der Waals surface area contributed by atoms with Crippen molar-refractivity contribution in [2.45, 2.75) is 19.5 Å². The zero-order valence-corrected chi connectivity index (χ0v) is 12.3. The molecule has 0 saturated heterocycles. The Morgan fingerprint density at radius 3 is 2.50 bits per heavy atom. The minimum absolute atomic E-state index is 0.302. The molecule has 0 spiro atoms. The second-order valence-corrected chi connectivity index (χ2v) is 4.99. The molecule has 1 N–H and O–H groups in total. The molecular formula is C11H8Cl3F3N2O. The van der Waals surface area contributed by atoms with Crippen LogP contribution in [0, 0.1) is 6.92 Å². The lowest BCUT2D eigenvalue weighted by molar-refractivity contribution is -0.147. The molecule has 0 aliphatic heterocycles. The van der Waals surface area contributed by atoms with Crippen molar-refractivity contribution in [1.82, 2.24) is 0 Å². The fourth-order valence-electron chi connectivity index (χ4n) is 1.19. The molecule has 0 saturated carbocycles. The van der Waals surface area contributed by atoms with Crippen molar-refractivity contribution >= 4 is 51.4 Å². The lowest BCUT2D eigenvalue weighted by atomic mass is 10.2. The Morgan fingerprint density at radius 1 is 1.35 bits per heavy atom. The second-order valence-electron chi connectivity index (χ2n) is 3.79. The summed E-state index contributed by atoms with van der Waals surface area (Å²) in [7, 11) is 0. The first-order valence-electron chi connectivity index (χ1n) is 5.15. The van der Waals surface area contributed by atoms with Gasteiger partial charge in [0.25, 0.3) is 0 Å². The molecule has 1 aromatic rings. The molecule has 0 amide bonds. The van der Waals surface area contributed by atoms with E-state index in [4.69, 9.17) is 34.8 Å². The second kappa shape index (κ2) is 6.65. The first-order chi connectivity index (χ1) is 9.10. The molecule has 1 aromatic carbocycles. The van der Waals surface area contributed by atoms with Gasteiger partial charge >= 0.3 is 6.18 Å². The number of halogens is 6. The van der Waals surface area contributed by atoms with Gasteiger partial charge in [0, 0.05) is 10.0 Å². The van der Waals surface area contributed by atoms with Gasteiger partial charge in [-0.05, 0) is 24.6 Å². The predicted octanol–water partition coefficient (Wildman–Crippen LogP) is 4.79. The van der Waals surface area contributed by atoms with Gasteiger partial charge in [0.2, 0.25) is 5.78 Å². The highest BCUT2D eigenvalue weighted by Gasteiger charge is 2.32. The van der Waals surface area contributed by atoms with Gasteiger partial charge in [-0.15, -0.1) is 0 Å². The van der Waals surface area contributed by atoms with E-state index in [1.54, 1.807) is 6.92 Å². The summed E-state index contributed by atoms with van der Waals surface area (Å²) in [6.07, 6.45) is -6.31. The van der Waals surface area contributed by atoms with Gasteiger partial charge in [-0.2, -0.15) is 18.3 Å². The number of anilines is 1. The number of alkyl halides is 3. The van der Waals surface area contributed by atoms with E-state index >= 15 is 0 Å². The smallest absolute Gasteiger partial charge is 0.291 e. The van der Waals surface area contributed by atoms with Crippen molar-refractivity contribution in [3.63, 3.8) is 0 Å². The van der Waals surface area contributed by atoms with E-state index in [-0.39, 0.29) is 0 Å². The van der Waals surface area contributed by atoms with Crippen LogP contribution in [0.5, 0.6) is 0 Å².